The largest absolute Gasteiger partial charge is 0.394 e. The molecule has 0 saturated heterocycles. The fourth-order valence-corrected chi connectivity index (χ4v) is 2.79. The first-order valence-corrected chi connectivity index (χ1v) is 7.30. The molecule has 0 fully saturated rings. The minimum Gasteiger partial charge on any atom is -0.394 e. The third-order valence-corrected chi connectivity index (χ3v) is 3.96. The molecule has 0 bridgehead atoms. The first-order chi connectivity index (χ1) is 8.97. The minimum absolute atomic E-state index is 0.00838. The van der Waals surface area contributed by atoms with Gasteiger partial charge in [0.15, 0.2) is 5.78 Å². The number of carbonyl (C=O) groups is 2. The van der Waals surface area contributed by atoms with Crippen molar-refractivity contribution < 1.29 is 14.7 Å². The second kappa shape index (κ2) is 7.40. The van der Waals surface area contributed by atoms with Crippen LogP contribution in [0.3, 0.4) is 0 Å². The van der Waals surface area contributed by atoms with Gasteiger partial charge in [-0.15, -0.1) is 11.3 Å². The van der Waals surface area contributed by atoms with Crippen molar-refractivity contribution in [3.05, 3.63) is 21.4 Å². The third kappa shape index (κ3) is 4.76. The lowest BCUT2D eigenvalue weighted by atomic mass is 10.1. The molecule has 1 atom stereocenters. The van der Waals surface area contributed by atoms with Crippen molar-refractivity contribution in [1.29, 1.82) is 0 Å². The van der Waals surface area contributed by atoms with Crippen molar-refractivity contribution in [1.82, 2.24) is 5.32 Å². The standard InChI is InChI=1S/C14H21NO3S/c1-4-11(8-16)15-14(18)6-5-13(17)12-7-9(2)19-10(12)3/h7,11,16H,4-6,8H2,1-3H3,(H,15,18). The lowest BCUT2D eigenvalue weighted by molar-refractivity contribution is -0.122. The number of nitrogens with one attached hydrogen (secondary N) is 1. The molecule has 1 heterocycles. The molecule has 1 unspecified atom stereocenters. The molecule has 2 N–H and O–H groups in total. The van der Waals surface area contributed by atoms with E-state index in [0.717, 1.165) is 15.3 Å². The van der Waals surface area contributed by atoms with Crippen LogP contribution in [0.5, 0.6) is 0 Å². The van der Waals surface area contributed by atoms with Crippen LogP contribution in [0.2, 0.25) is 0 Å². The van der Waals surface area contributed by atoms with Gasteiger partial charge in [-0.1, -0.05) is 6.92 Å². The summed E-state index contributed by atoms with van der Waals surface area (Å²) in [5.41, 5.74) is 0.726. The summed E-state index contributed by atoms with van der Waals surface area (Å²) in [7, 11) is 0. The smallest absolute Gasteiger partial charge is 0.220 e. The number of thiophene rings is 1. The summed E-state index contributed by atoms with van der Waals surface area (Å²) in [6.45, 7) is 5.71. The molecule has 0 saturated carbocycles. The Morgan fingerprint density at radius 1 is 1.37 bits per heavy atom. The Balaban J connectivity index is 2.46. The SMILES string of the molecule is CCC(CO)NC(=O)CCC(=O)c1cc(C)sc1C. The average Bonchev–Trinajstić information content (AvgIpc) is 2.72. The number of rotatable bonds is 7. The number of amides is 1. The summed E-state index contributed by atoms with van der Waals surface area (Å²) in [4.78, 5) is 25.7. The van der Waals surface area contributed by atoms with E-state index in [9.17, 15) is 9.59 Å². The fraction of sp³-hybridized carbons (Fsp3) is 0.571. The van der Waals surface area contributed by atoms with E-state index in [4.69, 9.17) is 5.11 Å². The molecular weight excluding hydrogens is 262 g/mol. The second-order valence-electron chi connectivity index (χ2n) is 4.61. The van der Waals surface area contributed by atoms with Crippen LogP contribution in [0.1, 0.15) is 46.3 Å². The Morgan fingerprint density at radius 3 is 2.53 bits per heavy atom. The van der Waals surface area contributed by atoms with E-state index in [1.807, 2.05) is 26.8 Å². The zero-order chi connectivity index (χ0) is 14.4. The molecule has 1 rings (SSSR count). The van der Waals surface area contributed by atoms with Crippen molar-refractivity contribution in [2.45, 2.75) is 46.1 Å². The van der Waals surface area contributed by atoms with Crippen LogP contribution >= 0.6 is 11.3 Å². The summed E-state index contributed by atoms with van der Waals surface area (Å²) >= 11 is 1.60. The molecule has 0 spiro atoms. The van der Waals surface area contributed by atoms with Crippen LogP contribution in [-0.4, -0.2) is 29.4 Å². The summed E-state index contributed by atoms with van der Waals surface area (Å²) in [5, 5.41) is 11.7. The van der Waals surface area contributed by atoms with Gasteiger partial charge in [0.05, 0.1) is 12.6 Å². The predicted octanol–water partition coefficient (Wildman–Crippen LogP) is 2.21. The lowest BCUT2D eigenvalue weighted by Crippen LogP contribution is -2.37. The van der Waals surface area contributed by atoms with Crippen LogP contribution in [0, 0.1) is 13.8 Å². The lowest BCUT2D eigenvalue weighted by Gasteiger charge is -2.13. The van der Waals surface area contributed by atoms with Gasteiger partial charge in [0, 0.05) is 28.2 Å². The van der Waals surface area contributed by atoms with Crippen molar-refractivity contribution in [3.8, 4) is 0 Å². The molecule has 1 amide bonds. The van der Waals surface area contributed by atoms with Gasteiger partial charge >= 0.3 is 0 Å². The van der Waals surface area contributed by atoms with E-state index in [2.05, 4.69) is 5.32 Å². The van der Waals surface area contributed by atoms with Crippen molar-refractivity contribution in [2.75, 3.05) is 6.61 Å². The van der Waals surface area contributed by atoms with Crippen molar-refractivity contribution in [3.63, 3.8) is 0 Å². The van der Waals surface area contributed by atoms with E-state index in [-0.39, 0.29) is 37.2 Å². The van der Waals surface area contributed by atoms with E-state index in [1.165, 1.54) is 0 Å². The van der Waals surface area contributed by atoms with Crippen molar-refractivity contribution in [2.24, 2.45) is 0 Å². The van der Waals surface area contributed by atoms with E-state index in [0.29, 0.717) is 6.42 Å². The first kappa shape index (κ1) is 15.9. The number of hydrogen-bond acceptors (Lipinski definition) is 4. The van der Waals surface area contributed by atoms with Crippen molar-refractivity contribution >= 4 is 23.0 Å². The quantitative estimate of drug-likeness (QED) is 0.754. The molecule has 106 valence electrons. The van der Waals surface area contributed by atoms with E-state index < -0.39 is 0 Å². The topological polar surface area (TPSA) is 66.4 Å². The highest BCUT2D eigenvalue weighted by Gasteiger charge is 2.15. The maximum Gasteiger partial charge on any atom is 0.220 e. The Hall–Kier alpha value is -1.20. The Labute approximate surface area is 117 Å². The van der Waals surface area contributed by atoms with Gasteiger partial charge in [-0.2, -0.15) is 0 Å². The molecule has 0 aliphatic carbocycles. The summed E-state index contributed by atoms with van der Waals surface area (Å²) in [5.74, 6) is -0.173. The van der Waals surface area contributed by atoms with Crippen LogP contribution < -0.4 is 5.32 Å². The molecular formula is C14H21NO3S. The van der Waals surface area contributed by atoms with Crippen LogP contribution in [0.4, 0.5) is 0 Å². The van der Waals surface area contributed by atoms with Gasteiger partial charge in [0.25, 0.3) is 0 Å². The zero-order valence-electron chi connectivity index (χ0n) is 11.7. The number of aliphatic hydroxyl groups excluding tert-OH is 1. The number of Topliss-reactive ketones (excluding diaryl/α,β-unsaturated/α-hetero) is 1. The van der Waals surface area contributed by atoms with E-state index >= 15 is 0 Å². The molecule has 0 aromatic carbocycles. The average molecular weight is 283 g/mol. The Bertz CT molecular complexity index is 450. The second-order valence-corrected chi connectivity index (χ2v) is 6.07. The molecule has 1 aromatic rings. The highest BCUT2D eigenvalue weighted by molar-refractivity contribution is 7.12. The van der Waals surface area contributed by atoms with E-state index in [1.54, 1.807) is 11.3 Å². The molecule has 1 aromatic heterocycles. The van der Waals surface area contributed by atoms with Crippen LogP contribution in [0.15, 0.2) is 6.07 Å². The number of aryl methyl sites for hydroxylation is 2. The summed E-state index contributed by atoms with van der Waals surface area (Å²) < 4.78 is 0. The monoisotopic (exact) mass is 283 g/mol. The zero-order valence-corrected chi connectivity index (χ0v) is 12.5. The van der Waals surface area contributed by atoms with Gasteiger partial charge in [0.2, 0.25) is 5.91 Å². The molecule has 5 heteroatoms. The van der Waals surface area contributed by atoms with Gasteiger partial charge < -0.3 is 10.4 Å². The van der Waals surface area contributed by atoms with Gasteiger partial charge in [0.1, 0.15) is 0 Å². The summed E-state index contributed by atoms with van der Waals surface area (Å²) in [6.07, 6.45) is 1.06. The maximum atomic E-state index is 12.0. The van der Waals surface area contributed by atoms with Gasteiger partial charge in [-0.05, 0) is 26.3 Å². The number of ketones is 1. The van der Waals surface area contributed by atoms with Crippen LogP contribution in [-0.2, 0) is 4.79 Å². The molecule has 19 heavy (non-hydrogen) atoms. The number of hydrogen-bond donors (Lipinski definition) is 2. The molecule has 4 nitrogen and oxygen atoms in total. The van der Waals surface area contributed by atoms with Crippen LogP contribution in [0.25, 0.3) is 0 Å². The number of aliphatic hydroxyl groups is 1. The summed E-state index contributed by atoms with van der Waals surface area (Å²) in [6, 6.07) is 1.66. The predicted molar refractivity (Wildman–Crippen MR) is 76.7 cm³/mol. The third-order valence-electron chi connectivity index (χ3n) is 3.00. The molecule has 0 aliphatic heterocycles. The van der Waals surface area contributed by atoms with Gasteiger partial charge in [-0.25, -0.2) is 0 Å². The highest BCUT2D eigenvalue weighted by Crippen LogP contribution is 2.22. The maximum absolute atomic E-state index is 12.0. The normalized spacial score (nSPS) is 12.2. The highest BCUT2D eigenvalue weighted by atomic mass is 32.1. The number of carbonyl (C=O) groups excluding carboxylic acids is 2. The molecule has 0 radical (unpaired) electrons. The minimum atomic E-state index is -0.215. The van der Waals surface area contributed by atoms with Gasteiger partial charge in [-0.3, -0.25) is 9.59 Å². The fourth-order valence-electron chi connectivity index (χ4n) is 1.85. The molecule has 0 aliphatic rings. The Morgan fingerprint density at radius 2 is 2.05 bits per heavy atom. The Kier molecular flexibility index (Phi) is 6.18. The first-order valence-electron chi connectivity index (χ1n) is 6.48.